The molecular weight excluding hydrogens is 506 g/mol. The van der Waals surface area contributed by atoms with Crippen LogP contribution < -0.4 is 5.32 Å². The number of hydrogen-bond donors (Lipinski definition) is 2. The molecule has 38 heavy (non-hydrogen) atoms. The van der Waals surface area contributed by atoms with Crippen LogP contribution in [0.1, 0.15) is 43.4 Å². The predicted octanol–water partition coefficient (Wildman–Crippen LogP) is 4.59. The molecule has 8 nitrogen and oxygen atoms in total. The van der Waals surface area contributed by atoms with Crippen molar-refractivity contribution in [1.82, 2.24) is 5.32 Å². The van der Waals surface area contributed by atoms with Crippen molar-refractivity contribution in [3.63, 3.8) is 0 Å². The molecule has 0 heterocycles. The Morgan fingerprint density at radius 2 is 1.55 bits per heavy atom. The number of carbonyl (C=O) groups excluding carboxylic acids is 2. The van der Waals surface area contributed by atoms with E-state index in [0.29, 0.717) is 0 Å². The molecule has 0 fully saturated rings. The summed E-state index contributed by atoms with van der Waals surface area (Å²) in [5.74, 6) is -1.13. The van der Waals surface area contributed by atoms with Gasteiger partial charge in [0.1, 0.15) is 24.0 Å². The summed E-state index contributed by atoms with van der Waals surface area (Å²) in [6, 6.07) is 18.5. The lowest BCUT2D eigenvalue weighted by Gasteiger charge is -2.25. The van der Waals surface area contributed by atoms with Crippen LogP contribution in [-0.2, 0) is 30.5 Å². The van der Waals surface area contributed by atoms with Crippen molar-refractivity contribution in [1.29, 1.82) is 0 Å². The molecule has 3 aromatic rings. The van der Waals surface area contributed by atoms with Crippen LogP contribution in [0.25, 0.3) is 11.1 Å². The summed E-state index contributed by atoms with van der Waals surface area (Å²) < 4.78 is 35.7. The molecule has 0 spiro atoms. The number of fused-ring (bicyclic) bond motifs is 3. The molecule has 0 saturated carbocycles. The first-order valence-electron chi connectivity index (χ1n) is 12.2. The van der Waals surface area contributed by atoms with E-state index < -0.39 is 33.5 Å². The summed E-state index contributed by atoms with van der Waals surface area (Å²) in [7, 11) is -3.73. The van der Waals surface area contributed by atoms with Gasteiger partial charge >= 0.3 is 12.1 Å². The monoisotopic (exact) mass is 537 g/mol. The highest BCUT2D eigenvalue weighted by atomic mass is 32.2. The lowest BCUT2D eigenvalue weighted by Crippen LogP contribution is -2.46. The van der Waals surface area contributed by atoms with E-state index in [0.717, 1.165) is 34.6 Å². The van der Waals surface area contributed by atoms with Crippen molar-refractivity contribution in [2.75, 3.05) is 12.9 Å². The van der Waals surface area contributed by atoms with Gasteiger partial charge in [-0.05, 0) is 60.7 Å². The van der Waals surface area contributed by atoms with E-state index >= 15 is 0 Å². The number of sulfone groups is 1. The zero-order valence-electron chi connectivity index (χ0n) is 21.7. The van der Waals surface area contributed by atoms with Crippen molar-refractivity contribution in [3.05, 3.63) is 83.4 Å². The molecule has 0 aromatic heterocycles. The van der Waals surface area contributed by atoms with Gasteiger partial charge in [-0.2, -0.15) is 0 Å². The van der Waals surface area contributed by atoms with E-state index in [-0.39, 0.29) is 35.2 Å². The second-order valence-corrected chi connectivity index (χ2v) is 12.3. The normalized spacial score (nSPS) is 13.8. The van der Waals surface area contributed by atoms with Gasteiger partial charge in [-0.3, -0.25) is 0 Å². The first-order valence-corrected chi connectivity index (χ1v) is 14.1. The maximum Gasteiger partial charge on any atom is 0.407 e. The number of hydrogen-bond acceptors (Lipinski definition) is 7. The molecule has 2 N–H and O–H groups in total. The number of ether oxygens (including phenoxy) is 2. The minimum Gasteiger partial charge on any atom is -0.508 e. The van der Waals surface area contributed by atoms with Crippen molar-refractivity contribution in [3.8, 4) is 16.9 Å². The first-order chi connectivity index (χ1) is 17.8. The highest BCUT2D eigenvalue weighted by Gasteiger charge is 2.32. The van der Waals surface area contributed by atoms with Crippen molar-refractivity contribution >= 4 is 21.9 Å². The molecule has 0 radical (unpaired) electrons. The number of aromatic hydroxyl groups is 1. The largest absolute Gasteiger partial charge is 0.508 e. The average molecular weight is 538 g/mol. The average Bonchev–Trinajstić information content (AvgIpc) is 3.15. The number of amides is 1. The Kier molecular flexibility index (Phi) is 7.51. The lowest BCUT2D eigenvalue weighted by molar-refractivity contribution is -0.157. The third kappa shape index (κ3) is 6.16. The van der Waals surface area contributed by atoms with Crippen molar-refractivity contribution in [2.24, 2.45) is 0 Å². The Labute approximate surface area is 222 Å². The van der Waals surface area contributed by atoms with Crippen LogP contribution in [0.15, 0.2) is 71.6 Å². The van der Waals surface area contributed by atoms with Crippen LogP contribution in [0.5, 0.6) is 5.75 Å². The first kappa shape index (κ1) is 27.2. The van der Waals surface area contributed by atoms with E-state index in [1.807, 2.05) is 48.5 Å². The Morgan fingerprint density at radius 1 is 0.974 bits per heavy atom. The second-order valence-electron chi connectivity index (χ2n) is 10.3. The van der Waals surface area contributed by atoms with E-state index in [1.165, 1.54) is 12.1 Å². The number of phenolic OH excluding ortho intramolecular Hbond substituents is 1. The highest BCUT2D eigenvalue weighted by Crippen LogP contribution is 2.44. The van der Waals surface area contributed by atoms with Gasteiger partial charge < -0.3 is 19.9 Å². The Bertz CT molecular complexity index is 1430. The molecule has 200 valence electrons. The number of carbonyl (C=O) groups is 2. The number of benzene rings is 3. The molecule has 4 rings (SSSR count). The van der Waals surface area contributed by atoms with Crippen molar-refractivity contribution < 1.29 is 32.6 Å². The summed E-state index contributed by atoms with van der Waals surface area (Å²) in [4.78, 5) is 25.8. The van der Waals surface area contributed by atoms with Gasteiger partial charge in [0.15, 0.2) is 9.84 Å². The van der Waals surface area contributed by atoms with Gasteiger partial charge in [0.2, 0.25) is 0 Å². The highest BCUT2D eigenvalue weighted by molar-refractivity contribution is 7.90. The Hall–Kier alpha value is -3.85. The van der Waals surface area contributed by atoms with Gasteiger partial charge in [-0.15, -0.1) is 0 Å². The molecule has 3 aromatic carbocycles. The van der Waals surface area contributed by atoms with Gasteiger partial charge in [-0.1, -0.05) is 54.6 Å². The molecule has 1 aliphatic carbocycles. The topological polar surface area (TPSA) is 119 Å². The fourth-order valence-corrected chi connectivity index (χ4v) is 5.59. The second kappa shape index (κ2) is 10.5. The van der Waals surface area contributed by atoms with Crippen LogP contribution in [0.3, 0.4) is 0 Å². The molecule has 0 unspecified atom stereocenters. The van der Waals surface area contributed by atoms with Gasteiger partial charge in [0.05, 0.1) is 4.90 Å². The van der Waals surface area contributed by atoms with Gasteiger partial charge in [0, 0.05) is 18.6 Å². The third-order valence-corrected chi connectivity index (χ3v) is 7.38. The minimum absolute atomic E-state index is 0.0503. The summed E-state index contributed by atoms with van der Waals surface area (Å²) in [5, 5.41) is 12.4. The van der Waals surface area contributed by atoms with Crippen LogP contribution in [0, 0.1) is 0 Å². The summed E-state index contributed by atoms with van der Waals surface area (Å²) >= 11 is 0. The summed E-state index contributed by atoms with van der Waals surface area (Å²) in [5.41, 5.74) is 3.68. The zero-order chi connectivity index (χ0) is 27.7. The number of nitrogens with one attached hydrogen (secondary N) is 1. The van der Waals surface area contributed by atoms with Crippen LogP contribution >= 0.6 is 0 Å². The summed E-state index contributed by atoms with van der Waals surface area (Å²) in [6.45, 7) is 5.13. The molecule has 1 amide bonds. The standard InChI is InChI=1S/C29H31NO7S/c1-29(2,3)37-27(32)25(15-18-13-14-19(31)16-26(18)38(4,34)35)30-28(33)36-17-24-22-11-7-5-9-20(22)21-10-6-8-12-23(21)24/h5-14,16,24-25,31H,15,17H2,1-4H3,(H,30,33)/t25-/m0/s1. The predicted molar refractivity (Wildman–Crippen MR) is 143 cm³/mol. The molecule has 0 bridgehead atoms. The summed E-state index contributed by atoms with van der Waals surface area (Å²) in [6.07, 6.45) is -0.00321. The molecule has 9 heteroatoms. The molecule has 0 saturated heterocycles. The number of esters is 1. The number of alkyl carbamates (subject to hydrolysis) is 1. The fraction of sp³-hybridized carbons (Fsp3) is 0.310. The maximum atomic E-state index is 13.0. The van der Waals surface area contributed by atoms with Crippen LogP contribution in [0.2, 0.25) is 0 Å². The maximum absolute atomic E-state index is 13.0. The van der Waals surface area contributed by atoms with E-state index in [4.69, 9.17) is 9.47 Å². The number of rotatable bonds is 7. The Morgan fingerprint density at radius 3 is 2.11 bits per heavy atom. The molecule has 0 aliphatic heterocycles. The SMILES string of the molecule is CC(C)(C)OC(=O)[C@H](Cc1ccc(O)cc1S(C)(=O)=O)NC(=O)OCC1c2ccccc2-c2ccccc21. The molecular formula is C29H31NO7S. The number of phenols is 1. The quantitative estimate of drug-likeness (QED) is 0.423. The van der Waals surface area contributed by atoms with Gasteiger partial charge in [0.25, 0.3) is 0 Å². The van der Waals surface area contributed by atoms with E-state index in [9.17, 15) is 23.1 Å². The van der Waals surface area contributed by atoms with Crippen molar-refractivity contribution in [2.45, 2.75) is 49.6 Å². The molecule has 1 atom stereocenters. The van der Waals surface area contributed by atoms with Gasteiger partial charge in [-0.25, -0.2) is 18.0 Å². The van der Waals surface area contributed by atoms with Crippen LogP contribution in [-0.4, -0.2) is 50.1 Å². The van der Waals surface area contributed by atoms with E-state index in [1.54, 1.807) is 20.8 Å². The zero-order valence-corrected chi connectivity index (χ0v) is 22.5. The fourth-order valence-electron chi connectivity index (χ4n) is 4.63. The minimum atomic E-state index is -3.73. The lowest BCUT2D eigenvalue weighted by atomic mass is 9.98. The smallest absolute Gasteiger partial charge is 0.407 e. The molecule has 1 aliphatic rings. The van der Waals surface area contributed by atoms with E-state index in [2.05, 4.69) is 5.32 Å². The van der Waals surface area contributed by atoms with Crippen LogP contribution in [0.4, 0.5) is 4.79 Å². The third-order valence-electron chi connectivity index (χ3n) is 6.20. The Balaban J connectivity index is 1.54.